The third-order valence-corrected chi connectivity index (χ3v) is 1.28. The second kappa shape index (κ2) is 6.62. The predicted molar refractivity (Wildman–Crippen MR) is 53.9 cm³/mol. The quantitative estimate of drug-likeness (QED) is 0.489. The molecule has 0 saturated carbocycles. The zero-order valence-corrected chi connectivity index (χ0v) is 7.53. The van der Waals surface area contributed by atoms with Crippen molar-refractivity contribution < 1.29 is 5.11 Å². The highest BCUT2D eigenvalue weighted by molar-refractivity contribution is 5.24. The molecule has 0 aliphatic heterocycles. The Morgan fingerprint density at radius 3 is 2.58 bits per heavy atom. The Hall–Kier alpha value is -1.08. The summed E-state index contributed by atoms with van der Waals surface area (Å²) in [4.78, 5) is 0. The van der Waals surface area contributed by atoms with Gasteiger partial charge < -0.3 is 5.11 Å². The van der Waals surface area contributed by atoms with Gasteiger partial charge in [0.1, 0.15) is 0 Å². The highest BCUT2D eigenvalue weighted by atomic mass is 16.3. The SMILES string of the molecule is C=C/C=C\C(=CC(C)O)CC=C. The maximum Gasteiger partial charge on any atom is 0.0698 e. The molecule has 0 aromatic rings. The molecule has 0 radical (unpaired) electrons. The largest absolute Gasteiger partial charge is 0.389 e. The Bertz CT molecular complexity index is 197. The van der Waals surface area contributed by atoms with Crippen molar-refractivity contribution >= 4 is 0 Å². The highest BCUT2D eigenvalue weighted by Gasteiger charge is 1.92. The molecule has 0 aromatic heterocycles. The van der Waals surface area contributed by atoms with Gasteiger partial charge in [0.15, 0.2) is 0 Å². The number of hydrogen-bond acceptors (Lipinski definition) is 1. The maximum absolute atomic E-state index is 9.08. The number of hydrogen-bond donors (Lipinski definition) is 1. The van der Waals surface area contributed by atoms with Gasteiger partial charge in [0, 0.05) is 0 Å². The molecule has 0 rings (SSSR count). The Kier molecular flexibility index (Phi) is 6.02. The van der Waals surface area contributed by atoms with E-state index in [1.165, 1.54) is 0 Å². The van der Waals surface area contributed by atoms with Gasteiger partial charge in [-0.3, -0.25) is 0 Å². The van der Waals surface area contributed by atoms with Crippen LogP contribution >= 0.6 is 0 Å². The van der Waals surface area contributed by atoms with E-state index in [0.717, 1.165) is 12.0 Å². The third-order valence-electron chi connectivity index (χ3n) is 1.28. The van der Waals surface area contributed by atoms with Crippen molar-refractivity contribution in [1.82, 2.24) is 0 Å². The molecule has 0 aliphatic rings. The van der Waals surface area contributed by atoms with Crippen LogP contribution in [0.3, 0.4) is 0 Å². The lowest BCUT2D eigenvalue weighted by molar-refractivity contribution is 0.243. The molecule has 0 heterocycles. The van der Waals surface area contributed by atoms with Crippen LogP contribution in [-0.4, -0.2) is 11.2 Å². The van der Waals surface area contributed by atoms with Crippen molar-refractivity contribution in [3.63, 3.8) is 0 Å². The fourth-order valence-electron chi connectivity index (χ4n) is 0.860. The Morgan fingerprint density at radius 1 is 1.50 bits per heavy atom. The summed E-state index contributed by atoms with van der Waals surface area (Å²) in [5.41, 5.74) is 1.06. The van der Waals surface area contributed by atoms with Crippen LogP contribution in [0, 0.1) is 0 Å². The number of aliphatic hydroxyl groups is 1. The zero-order valence-electron chi connectivity index (χ0n) is 7.53. The van der Waals surface area contributed by atoms with Gasteiger partial charge >= 0.3 is 0 Å². The summed E-state index contributed by atoms with van der Waals surface area (Å²) >= 11 is 0. The third kappa shape index (κ3) is 5.69. The molecule has 1 atom stereocenters. The molecule has 0 aromatic carbocycles. The van der Waals surface area contributed by atoms with Crippen LogP contribution in [0.5, 0.6) is 0 Å². The van der Waals surface area contributed by atoms with E-state index in [0.29, 0.717) is 0 Å². The van der Waals surface area contributed by atoms with E-state index in [4.69, 9.17) is 5.11 Å². The topological polar surface area (TPSA) is 20.2 Å². The first kappa shape index (κ1) is 10.9. The number of allylic oxidation sites excluding steroid dienone is 5. The molecule has 1 nitrogen and oxygen atoms in total. The van der Waals surface area contributed by atoms with Crippen LogP contribution < -0.4 is 0 Å². The molecule has 0 amide bonds. The standard InChI is InChI=1S/C11H16O/c1-4-6-8-11(7-5-2)9-10(3)12/h4-6,8-10,12H,1-2,7H2,3H3/b8-6-,11-9?. The van der Waals surface area contributed by atoms with Crippen LogP contribution in [0.15, 0.2) is 49.1 Å². The summed E-state index contributed by atoms with van der Waals surface area (Å²) in [7, 11) is 0. The summed E-state index contributed by atoms with van der Waals surface area (Å²) in [5, 5.41) is 9.08. The number of aliphatic hydroxyl groups excluding tert-OH is 1. The smallest absolute Gasteiger partial charge is 0.0698 e. The minimum atomic E-state index is -0.408. The van der Waals surface area contributed by atoms with Gasteiger partial charge in [0.05, 0.1) is 6.10 Å². The Labute approximate surface area is 74.4 Å². The molecule has 1 heteroatoms. The van der Waals surface area contributed by atoms with Crippen molar-refractivity contribution in [2.24, 2.45) is 0 Å². The maximum atomic E-state index is 9.08. The molecule has 12 heavy (non-hydrogen) atoms. The van der Waals surface area contributed by atoms with Crippen LogP contribution in [0.25, 0.3) is 0 Å². The van der Waals surface area contributed by atoms with E-state index in [2.05, 4.69) is 13.2 Å². The van der Waals surface area contributed by atoms with Crippen LogP contribution in [0.1, 0.15) is 13.3 Å². The Balaban J connectivity index is 4.30. The van der Waals surface area contributed by atoms with Gasteiger partial charge in [-0.2, -0.15) is 0 Å². The first-order chi connectivity index (χ1) is 5.70. The van der Waals surface area contributed by atoms with Gasteiger partial charge in [0.25, 0.3) is 0 Å². The molecule has 66 valence electrons. The van der Waals surface area contributed by atoms with Crippen molar-refractivity contribution in [2.45, 2.75) is 19.4 Å². The van der Waals surface area contributed by atoms with Crippen LogP contribution in [0.2, 0.25) is 0 Å². The van der Waals surface area contributed by atoms with Gasteiger partial charge in [0.2, 0.25) is 0 Å². The fraction of sp³-hybridized carbons (Fsp3) is 0.273. The Morgan fingerprint density at radius 2 is 2.17 bits per heavy atom. The van der Waals surface area contributed by atoms with E-state index in [1.807, 2.05) is 18.2 Å². The van der Waals surface area contributed by atoms with Crippen molar-refractivity contribution in [3.05, 3.63) is 49.1 Å². The summed E-state index contributed by atoms with van der Waals surface area (Å²) in [6.07, 6.45) is 9.44. The lowest BCUT2D eigenvalue weighted by Gasteiger charge is -1.99. The van der Waals surface area contributed by atoms with Crippen LogP contribution in [-0.2, 0) is 0 Å². The van der Waals surface area contributed by atoms with Gasteiger partial charge in [-0.05, 0) is 18.9 Å². The first-order valence-electron chi connectivity index (χ1n) is 3.99. The first-order valence-corrected chi connectivity index (χ1v) is 3.99. The molecule has 0 spiro atoms. The van der Waals surface area contributed by atoms with E-state index in [9.17, 15) is 0 Å². The molecular weight excluding hydrogens is 148 g/mol. The van der Waals surface area contributed by atoms with Crippen molar-refractivity contribution in [1.29, 1.82) is 0 Å². The molecule has 1 N–H and O–H groups in total. The van der Waals surface area contributed by atoms with Crippen molar-refractivity contribution in [3.8, 4) is 0 Å². The highest BCUT2D eigenvalue weighted by Crippen LogP contribution is 2.05. The minimum absolute atomic E-state index is 0.408. The van der Waals surface area contributed by atoms with E-state index in [-0.39, 0.29) is 0 Å². The fourth-order valence-corrected chi connectivity index (χ4v) is 0.860. The minimum Gasteiger partial charge on any atom is -0.389 e. The molecule has 0 saturated heterocycles. The van der Waals surface area contributed by atoms with Crippen LogP contribution in [0.4, 0.5) is 0 Å². The number of rotatable bonds is 5. The normalized spacial score (nSPS) is 14.7. The van der Waals surface area contributed by atoms with E-state index in [1.54, 1.807) is 19.1 Å². The lowest BCUT2D eigenvalue weighted by Crippen LogP contribution is -1.94. The van der Waals surface area contributed by atoms with E-state index < -0.39 is 6.10 Å². The molecule has 0 aliphatic carbocycles. The van der Waals surface area contributed by atoms with Gasteiger partial charge in [-0.25, -0.2) is 0 Å². The zero-order chi connectivity index (χ0) is 9.40. The lowest BCUT2D eigenvalue weighted by atomic mass is 10.1. The van der Waals surface area contributed by atoms with Gasteiger partial charge in [-0.15, -0.1) is 6.58 Å². The molecular formula is C11H16O. The predicted octanol–water partition coefficient (Wildman–Crippen LogP) is 2.61. The van der Waals surface area contributed by atoms with Crippen molar-refractivity contribution in [2.75, 3.05) is 0 Å². The van der Waals surface area contributed by atoms with E-state index >= 15 is 0 Å². The second-order valence-corrected chi connectivity index (χ2v) is 2.57. The molecule has 0 fully saturated rings. The molecule has 1 unspecified atom stereocenters. The summed E-state index contributed by atoms with van der Waals surface area (Å²) in [6, 6.07) is 0. The average Bonchev–Trinajstić information content (AvgIpc) is 2.00. The second-order valence-electron chi connectivity index (χ2n) is 2.57. The molecule has 0 bridgehead atoms. The summed E-state index contributed by atoms with van der Waals surface area (Å²) < 4.78 is 0. The van der Waals surface area contributed by atoms with Gasteiger partial charge in [-0.1, -0.05) is 37.0 Å². The summed E-state index contributed by atoms with van der Waals surface area (Å²) in [5.74, 6) is 0. The monoisotopic (exact) mass is 164 g/mol. The average molecular weight is 164 g/mol. The summed E-state index contributed by atoms with van der Waals surface area (Å²) in [6.45, 7) is 8.93.